The SMILES string of the molecule is COc1ccc(Br)cc1C(=O)N/N=C\c1ccn(C2CCCC2)c1. The minimum atomic E-state index is -0.306. The summed E-state index contributed by atoms with van der Waals surface area (Å²) in [5.41, 5.74) is 3.96. The standard InChI is InChI=1S/C18H20BrN3O2/c1-24-17-7-6-14(19)10-16(17)18(23)21-20-11-13-8-9-22(12-13)15-4-2-3-5-15/h6-12,15H,2-5H2,1H3,(H,21,23)/b20-11-. The van der Waals surface area contributed by atoms with Gasteiger partial charge >= 0.3 is 0 Å². The summed E-state index contributed by atoms with van der Waals surface area (Å²) in [6.45, 7) is 0. The Morgan fingerprint density at radius 2 is 2.17 bits per heavy atom. The van der Waals surface area contributed by atoms with Gasteiger partial charge in [0.05, 0.1) is 18.9 Å². The summed E-state index contributed by atoms with van der Waals surface area (Å²) in [6.07, 6.45) is 10.9. The molecule has 1 amide bonds. The molecule has 0 unspecified atom stereocenters. The maximum Gasteiger partial charge on any atom is 0.275 e. The van der Waals surface area contributed by atoms with Gasteiger partial charge in [0.25, 0.3) is 5.91 Å². The van der Waals surface area contributed by atoms with Gasteiger partial charge in [-0.1, -0.05) is 28.8 Å². The van der Waals surface area contributed by atoms with Crippen molar-refractivity contribution in [1.82, 2.24) is 9.99 Å². The lowest BCUT2D eigenvalue weighted by atomic mass is 10.2. The van der Waals surface area contributed by atoms with Crippen molar-refractivity contribution in [3.63, 3.8) is 0 Å². The first-order valence-electron chi connectivity index (χ1n) is 8.02. The van der Waals surface area contributed by atoms with Crippen molar-refractivity contribution < 1.29 is 9.53 Å². The number of methoxy groups -OCH3 is 1. The molecule has 0 spiro atoms. The van der Waals surface area contributed by atoms with E-state index in [-0.39, 0.29) is 5.91 Å². The normalized spacial score (nSPS) is 15.1. The molecule has 0 aliphatic heterocycles. The third-order valence-electron chi connectivity index (χ3n) is 4.27. The zero-order chi connectivity index (χ0) is 16.9. The average molecular weight is 390 g/mol. The first-order valence-corrected chi connectivity index (χ1v) is 8.81. The molecule has 5 nitrogen and oxygen atoms in total. The van der Waals surface area contributed by atoms with E-state index in [0.29, 0.717) is 17.4 Å². The molecule has 1 heterocycles. The quantitative estimate of drug-likeness (QED) is 0.616. The summed E-state index contributed by atoms with van der Waals surface area (Å²) in [6, 6.07) is 7.89. The van der Waals surface area contributed by atoms with Gasteiger partial charge in [-0.05, 0) is 37.1 Å². The highest BCUT2D eigenvalue weighted by Gasteiger charge is 2.16. The van der Waals surface area contributed by atoms with Gasteiger partial charge in [0.1, 0.15) is 5.75 Å². The molecule has 24 heavy (non-hydrogen) atoms. The summed E-state index contributed by atoms with van der Waals surface area (Å²) in [5.74, 6) is 0.206. The van der Waals surface area contributed by atoms with Crippen molar-refractivity contribution in [1.29, 1.82) is 0 Å². The molecule has 1 aliphatic rings. The molecule has 0 radical (unpaired) electrons. The number of nitrogens with one attached hydrogen (secondary N) is 1. The van der Waals surface area contributed by atoms with Crippen molar-refractivity contribution in [2.45, 2.75) is 31.7 Å². The molecular weight excluding hydrogens is 370 g/mol. The van der Waals surface area contributed by atoms with Crippen molar-refractivity contribution >= 4 is 28.1 Å². The lowest BCUT2D eigenvalue weighted by Crippen LogP contribution is -2.18. The number of carbonyl (C=O) groups is 1. The Kier molecular flexibility index (Phi) is 5.35. The summed E-state index contributed by atoms with van der Waals surface area (Å²) in [5, 5.41) is 4.05. The second-order valence-electron chi connectivity index (χ2n) is 5.87. The number of rotatable bonds is 5. The van der Waals surface area contributed by atoms with Crippen LogP contribution in [0.1, 0.15) is 47.6 Å². The van der Waals surface area contributed by atoms with Crippen LogP contribution in [-0.4, -0.2) is 23.8 Å². The number of amides is 1. The number of halogens is 1. The lowest BCUT2D eigenvalue weighted by molar-refractivity contribution is 0.0952. The molecule has 126 valence electrons. The molecule has 1 saturated carbocycles. The van der Waals surface area contributed by atoms with Crippen molar-refractivity contribution in [2.24, 2.45) is 5.10 Å². The van der Waals surface area contributed by atoms with Crippen LogP contribution >= 0.6 is 15.9 Å². The first kappa shape index (κ1) is 16.8. The predicted molar refractivity (Wildman–Crippen MR) is 97.7 cm³/mol. The topological polar surface area (TPSA) is 55.6 Å². The molecule has 2 aromatic rings. The highest BCUT2D eigenvalue weighted by molar-refractivity contribution is 9.10. The number of hydrogen-bond donors (Lipinski definition) is 1. The van der Waals surface area contributed by atoms with E-state index in [9.17, 15) is 4.79 Å². The molecule has 1 aliphatic carbocycles. The van der Waals surface area contributed by atoms with E-state index in [2.05, 4.69) is 43.4 Å². The van der Waals surface area contributed by atoms with Crippen LogP contribution in [0.5, 0.6) is 5.75 Å². The van der Waals surface area contributed by atoms with E-state index in [1.807, 2.05) is 12.1 Å². The zero-order valence-electron chi connectivity index (χ0n) is 13.5. The van der Waals surface area contributed by atoms with Crippen LogP contribution in [0, 0.1) is 0 Å². The summed E-state index contributed by atoms with van der Waals surface area (Å²) in [4.78, 5) is 12.3. The molecule has 3 rings (SSSR count). The number of hydrazone groups is 1. The molecule has 1 aromatic heterocycles. The maximum atomic E-state index is 12.3. The highest BCUT2D eigenvalue weighted by atomic mass is 79.9. The Bertz CT molecular complexity index is 748. The molecule has 0 saturated heterocycles. The van der Waals surface area contributed by atoms with Crippen LogP contribution in [-0.2, 0) is 0 Å². The van der Waals surface area contributed by atoms with Gasteiger partial charge < -0.3 is 9.30 Å². The Hall–Kier alpha value is -2.08. The van der Waals surface area contributed by atoms with Gasteiger partial charge in [-0.25, -0.2) is 5.43 Å². The van der Waals surface area contributed by atoms with Crippen molar-refractivity contribution in [3.05, 3.63) is 52.3 Å². The van der Waals surface area contributed by atoms with Gasteiger partial charge in [0.2, 0.25) is 0 Å². The van der Waals surface area contributed by atoms with Crippen LogP contribution < -0.4 is 10.2 Å². The number of benzene rings is 1. The number of nitrogens with zero attached hydrogens (tertiary/aromatic N) is 2. The minimum Gasteiger partial charge on any atom is -0.496 e. The Morgan fingerprint density at radius 3 is 2.92 bits per heavy atom. The monoisotopic (exact) mass is 389 g/mol. The van der Waals surface area contributed by atoms with Gasteiger partial charge in [-0.2, -0.15) is 5.10 Å². The van der Waals surface area contributed by atoms with Crippen molar-refractivity contribution in [2.75, 3.05) is 7.11 Å². The molecule has 0 bridgehead atoms. The zero-order valence-corrected chi connectivity index (χ0v) is 15.1. The third-order valence-corrected chi connectivity index (χ3v) is 4.76. The lowest BCUT2D eigenvalue weighted by Gasteiger charge is -2.10. The van der Waals surface area contributed by atoms with E-state index in [0.717, 1.165) is 10.0 Å². The molecule has 6 heteroatoms. The van der Waals surface area contributed by atoms with E-state index >= 15 is 0 Å². The number of ether oxygens (including phenoxy) is 1. The largest absolute Gasteiger partial charge is 0.496 e. The molecular formula is C18H20BrN3O2. The first-order chi connectivity index (χ1) is 11.7. The average Bonchev–Trinajstić information content (AvgIpc) is 3.26. The fourth-order valence-corrected chi connectivity index (χ4v) is 3.38. The molecule has 1 aromatic carbocycles. The highest BCUT2D eigenvalue weighted by Crippen LogP contribution is 2.29. The fourth-order valence-electron chi connectivity index (χ4n) is 3.02. The van der Waals surface area contributed by atoms with E-state index in [1.54, 1.807) is 18.3 Å². The van der Waals surface area contributed by atoms with E-state index in [1.165, 1.54) is 32.8 Å². The molecule has 0 atom stereocenters. The fraction of sp³-hybridized carbons (Fsp3) is 0.333. The number of hydrogen-bond acceptors (Lipinski definition) is 3. The Labute approximate surface area is 149 Å². The van der Waals surface area contributed by atoms with Gasteiger partial charge in [-0.3, -0.25) is 4.79 Å². The van der Waals surface area contributed by atoms with Crippen molar-refractivity contribution in [3.8, 4) is 5.75 Å². The minimum absolute atomic E-state index is 0.306. The Morgan fingerprint density at radius 1 is 1.38 bits per heavy atom. The number of aromatic nitrogens is 1. The second kappa shape index (κ2) is 7.66. The van der Waals surface area contributed by atoms with Crippen LogP contribution in [0.15, 0.2) is 46.2 Å². The van der Waals surface area contributed by atoms with E-state index in [4.69, 9.17) is 4.74 Å². The van der Waals surface area contributed by atoms with Gasteiger partial charge in [0.15, 0.2) is 0 Å². The Balaban J connectivity index is 1.64. The van der Waals surface area contributed by atoms with Crippen LogP contribution in [0.2, 0.25) is 0 Å². The summed E-state index contributed by atoms with van der Waals surface area (Å²) in [7, 11) is 1.54. The van der Waals surface area contributed by atoms with E-state index < -0.39 is 0 Å². The summed E-state index contributed by atoms with van der Waals surface area (Å²) >= 11 is 3.36. The van der Waals surface area contributed by atoms with Gasteiger partial charge in [-0.15, -0.1) is 0 Å². The van der Waals surface area contributed by atoms with Crippen LogP contribution in [0.25, 0.3) is 0 Å². The second-order valence-corrected chi connectivity index (χ2v) is 6.79. The maximum absolute atomic E-state index is 12.3. The third kappa shape index (κ3) is 3.87. The summed E-state index contributed by atoms with van der Waals surface area (Å²) < 4.78 is 8.26. The van der Waals surface area contributed by atoms with Crippen LogP contribution in [0.4, 0.5) is 0 Å². The molecule has 1 fully saturated rings. The smallest absolute Gasteiger partial charge is 0.275 e. The number of carbonyl (C=O) groups excluding carboxylic acids is 1. The van der Waals surface area contributed by atoms with Gasteiger partial charge in [0, 0.05) is 28.5 Å². The predicted octanol–water partition coefficient (Wildman–Crippen LogP) is 4.14. The molecule has 1 N–H and O–H groups in total. The van der Waals surface area contributed by atoms with Crippen LogP contribution in [0.3, 0.4) is 0 Å².